The van der Waals surface area contributed by atoms with E-state index in [1.165, 1.54) is 35.2 Å². The molecule has 0 aliphatic rings. The average molecular weight is 481 g/mol. The maximum absolute atomic E-state index is 14.6. The van der Waals surface area contributed by atoms with Gasteiger partial charge in [-0.05, 0) is 49.2 Å². The van der Waals surface area contributed by atoms with Crippen LogP contribution in [0.15, 0.2) is 78.9 Å². The normalized spacial score (nSPS) is 12.5. The number of rotatable bonds is 11. The van der Waals surface area contributed by atoms with E-state index in [1.54, 1.807) is 18.2 Å². The van der Waals surface area contributed by atoms with Crippen molar-refractivity contribution in [3.05, 3.63) is 102 Å². The molecule has 0 aromatic heterocycles. The number of amides is 2. The number of carbonyl (C=O) groups is 2. The predicted octanol–water partition coefficient (Wildman–Crippen LogP) is 4.90. The molecule has 3 rings (SSSR count). The van der Waals surface area contributed by atoms with Crippen LogP contribution in [-0.2, 0) is 22.6 Å². The molecule has 5 nitrogen and oxygen atoms in total. The van der Waals surface area contributed by atoms with Crippen LogP contribution >= 0.6 is 0 Å². The van der Waals surface area contributed by atoms with Crippen LogP contribution in [0, 0.1) is 11.6 Å². The van der Waals surface area contributed by atoms with Crippen LogP contribution in [0.1, 0.15) is 31.4 Å². The lowest BCUT2D eigenvalue weighted by atomic mass is 10.0. The van der Waals surface area contributed by atoms with Gasteiger partial charge in [-0.15, -0.1) is 0 Å². The minimum absolute atomic E-state index is 0.0957. The lowest BCUT2D eigenvalue weighted by molar-refractivity contribution is -0.143. The summed E-state index contributed by atoms with van der Waals surface area (Å²) in [5, 5.41) is 2.96. The van der Waals surface area contributed by atoms with Gasteiger partial charge in [-0.3, -0.25) is 9.59 Å². The van der Waals surface area contributed by atoms with Crippen molar-refractivity contribution in [3.8, 4) is 5.75 Å². The summed E-state index contributed by atoms with van der Waals surface area (Å²) in [4.78, 5) is 28.1. The van der Waals surface area contributed by atoms with Crippen LogP contribution in [-0.4, -0.2) is 35.4 Å². The molecule has 35 heavy (non-hydrogen) atoms. The fourth-order valence-electron chi connectivity index (χ4n) is 3.56. The third-order valence-electron chi connectivity index (χ3n) is 5.75. The molecule has 2 atom stereocenters. The third kappa shape index (κ3) is 7.64. The molecule has 0 aliphatic carbocycles. The van der Waals surface area contributed by atoms with Gasteiger partial charge in [0.05, 0.1) is 0 Å². The summed E-state index contributed by atoms with van der Waals surface area (Å²) >= 11 is 0. The molecule has 0 unspecified atom stereocenters. The van der Waals surface area contributed by atoms with E-state index in [1.807, 2.05) is 44.2 Å². The Balaban J connectivity index is 1.91. The molecule has 3 aromatic carbocycles. The Hall–Kier alpha value is -3.74. The molecule has 0 heterocycles. The molecule has 1 N–H and O–H groups in total. The van der Waals surface area contributed by atoms with Gasteiger partial charge in [-0.1, -0.05) is 55.5 Å². The van der Waals surface area contributed by atoms with Crippen LogP contribution in [0.2, 0.25) is 0 Å². The highest BCUT2D eigenvalue weighted by molar-refractivity contribution is 5.88. The third-order valence-corrected chi connectivity index (χ3v) is 5.75. The topological polar surface area (TPSA) is 58.6 Å². The zero-order valence-electron chi connectivity index (χ0n) is 19.9. The Morgan fingerprint density at radius 2 is 1.60 bits per heavy atom. The van der Waals surface area contributed by atoms with Crippen molar-refractivity contribution < 1.29 is 23.1 Å². The number of hydrogen-bond acceptors (Lipinski definition) is 3. The van der Waals surface area contributed by atoms with Crippen LogP contribution in [0.25, 0.3) is 0 Å². The van der Waals surface area contributed by atoms with Crippen LogP contribution < -0.4 is 10.1 Å². The molecule has 0 saturated carbocycles. The molecule has 0 radical (unpaired) electrons. The highest BCUT2D eigenvalue weighted by Gasteiger charge is 2.31. The molecule has 0 bridgehead atoms. The number of halogens is 2. The van der Waals surface area contributed by atoms with E-state index in [4.69, 9.17) is 4.74 Å². The van der Waals surface area contributed by atoms with Crippen molar-refractivity contribution in [1.82, 2.24) is 10.2 Å². The number of hydrogen-bond donors (Lipinski definition) is 1. The first-order chi connectivity index (χ1) is 16.9. The average Bonchev–Trinajstić information content (AvgIpc) is 2.87. The molecule has 3 aromatic rings. The van der Waals surface area contributed by atoms with Crippen molar-refractivity contribution in [2.45, 2.75) is 45.3 Å². The van der Waals surface area contributed by atoms with E-state index < -0.39 is 23.6 Å². The standard InChI is InChI=1S/C28H30F2N2O3/c1-3-20(2)31-28(34)26(17-21-9-5-4-6-10-21)32(18-22-11-7-8-12-25(22)30)27(33)19-35-24-15-13-23(29)14-16-24/h4-16,20,26H,3,17-19H2,1-2H3,(H,31,34)/t20-,26-/m1/s1. The molecule has 0 aliphatic heterocycles. The summed E-state index contributed by atoms with van der Waals surface area (Å²) < 4.78 is 33.3. The molecule has 2 amide bonds. The van der Waals surface area contributed by atoms with E-state index in [2.05, 4.69) is 5.32 Å². The second-order valence-corrected chi connectivity index (χ2v) is 8.38. The van der Waals surface area contributed by atoms with Crippen LogP contribution in [0.3, 0.4) is 0 Å². The molecule has 0 saturated heterocycles. The summed E-state index contributed by atoms with van der Waals surface area (Å²) in [7, 11) is 0. The molecular formula is C28H30F2N2O3. The maximum Gasteiger partial charge on any atom is 0.261 e. The minimum atomic E-state index is -0.893. The van der Waals surface area contributed by atoms with Crippen molar-refractivity contribution in [2.75, 3.05) is 6.61 Å². The first kappa shape index (κ1) is 25.9. The largest absolute Gasteiger partial charge is 0.484 e. The second kappa shape index (κ2) is 12.6. The predicted molar refractivity (Wildman–Crippen MR) is 131 cm³/mol. The zero-order chi connectivity index (χ0) is 25.2. The Morgan fingerprint density at radius 3 is 2.26 bits per heavy atom. The summed E-state index contributed by atoms with van der Waals surface area (Å²) in [5.41, 5.74) is 1.15. The molecular weight excluding hydrogens is 450 g/mol. The van der Waals surface area contributed by atoms with Crippen LogP contribution in [0.4, 0.5) is 8.78 Å². The second-order valence-electron chi connectivity index (χ2n) is 8.38. The molecule has 7 heteroatoms. The van der Waals surface area contributed by atoms with Gasteiger partial charge in [0.1, 0.15) is 23.4 Å². The zero-order valence-corrected chi connectivity index (χ0v) is 19.9. The van der Waals surface area contributed by atoms with Crippen molar-refractivity contribution >= 4 is 11.8 Å². The smallest absolute Gasteiger partial charge is 0.261 e. The molecule has 0 spiro atoms. The van der Waals surface area contributed by atoms with Crippen LogP contribution in [0.5, 0.6) is 5.75 Å². The van der Waals surface area contributed by atoms with E-state index >= 15 is 0 Å². The van der Waals surface area contributed by atoms with Gasteiger partial charge in [0, 0.05) is 24.6 Å². The van der Waals surface area contributed by atoms with E-state index in [0.29, 0.717) is 5.75 Å². The number of ether oxygens (including phenoxy) is 1. The van der Waals surface area contributed by atoms with Gasteiger partial charge in [-0.2, -0.15) is 0 Å². The minimum Gasteiger partial charge on any atom is -0.484 e. The summed E-state index contributed by atoms with van der Waals surface area (Å²) in [6.45, 7) is 3.35. The highest BCUT2D eigenvalue weighted by atomic mass is 19.1. The van der Waals surface area contributed by atoms with Crippen molar-refractivity contribution in [2.24, 2.45) is 0 Å². The Bertz CT molecular complexity index is 1110. The van der Waals surface area contributed by atoms with Gasteiger partial charge in [-0.25, -0.2) is 8.78 Å². The van der Waals surface area contributed by atoms with E-state index in [0.717, 1.165) is 12.0 Å². The van der Waals surface area contributed by atoms with Crippen molar-refractivity contribution in [3.63, 3.8) is 0 Å². The maximum atomic E-state index is 14.6. The van der Waals surface area contributed by atoms with E-state index in [9.17, 15) is 18.4 Å². The number of nitrogens with zero attached hydrogens (tertiary/aromatic N) is 1. The lowest BCUT2D eigenvalue weighted by Crippen LogP contribution is -2.53. The summed E-state index contributed by atoms with van der Waals surface area (Å²) in [6, 6.07) is 19.8. The fourth-order valence-corrected chi connectivity index (χ4v) is 3.56. The molecule has 184 valence electrons. The Kier molecular flexibility index (Phi) is 9.35. The molecule has 0 fully saturated rings. The van der Waals surface area contributed by atoms with Gasteiger partial charge < -0.3 is 15.0 Å². The van der Waals surface area contributed by atoms with Gasteiger partial charge in [0.15, 0.2) is 6.61 Å². The number of benzene rings is 3. The number of carbonyl (C=O) groups excluding carboxylic acids is 2. The fraction of sp³-hybridized carbons (Fsp3) is 0.286. The summed E-state index contributed by atoms with van der Waals surface area (Å²) in [5.74, 6) is -1.39. The highest BCUT2D eigenvalue weighted by Crippen LogP contribution is 2.18. The first-order valence-electron chi connectivity index (χ1n) is 11.6. The Labute approximate surface area is 204 Å². The first-order valence-corrected chi connectivity index (χ1v) is 11.6. The lowest BCUT2D eigenvalue weighted by Gasteiger charge is -2.32. The van der Waals surface area contributed by atoms with Gasteiger partial charge >= 0.3 is 0 Å². The Morgan fingerprint density at radius 1 is 0.943 bits per heavy atom. The van der Waals surface area contributed by atoms with Crippen molar-refractivity contribution in [1.29, 1.82) is 0 Å². The number of nitrogens with one attached hydrogen (secondary N) is 1. The van der Waals surface area contributed by atoms with E-state index in [-0.39, 0.29) is 37.1 Å². The van der Waals surface area contributed by atoms with Gasteiger partial charge in [0.2, 0.25) is 5.91 Å². The van der Waals surface area contributed by atoms with Gasteiger partial charge in [0.25, 0.3) is 5.91 Å². The monoisotopic (exact) mass is 480 g/mol. The SMILES string of the molecule is CC[C@@H](C)NC(=O)[C@@H](Cc1ccccc1)N(Cc1ccccc1F)C(=O)COc1ccc(F)cc1. The quantitative estimate of drug-likeness (QED) is 0.425. The summed E-state index contributed by atoms with van der Waals surface area (Å²) in [6.07, 6.45) is 0.971.